The van der Waals surface area contributed by atoms with Crippen molar-refractivity contribution in [2.45, 2.75) is 32.7 Å². The number of H-pyrrole nitrogens is 1. The number of nitrogens with zero attached hydrogens (tertiary/aromatic N) is 1. The summed E-state index contributed by atoms with van der Waals surface area (Å²) in [5.74, 6) is 0.0305. The number of hydrogen-bond donors (Lipinski definition) is 3. The van der Waals surface area contributed by atoms with Gasteiger partial charge in [0, 0.05) is 48.9 Å². The summed E-state index contributed by atoms with van der Waals surface area (Å²) in [5.41, 5.74) is 2.84. The predicted octanol–water partition coefficient (Wildman–Crippen LogP) is 1.55. The monoisotopic (exact) mass is 357 g/mol. The Bertz CT molecular complexity index is 831. The van der Waals surface area contributed by atoms with E-state index in [1.54, 1.807) is 6.07 Å². The first kappa shape index (κ1) is 18.6. The molecule has 1 saturated heterocycles. The number of carbonyl (C=O) groups is 1. The smallest absolute Gasteiger partial charge is 0.224 e. The number of piperidine rings is 1. The summed E-state index contributed by atoms with van der Waals surface area (Å²) in [6.45, 7) is 4.84. The lowest BCUT2D eigenvalue weighted by Gasteiger charge is -2.31. The van der Waals surface area contributed by atoms with Gasteiger partial charge in [-0.3, -0.25) is 14.5 Å². The van der Waals surface area contributed by atoms with Crippen molar-refractivity contribution in [2.24, 2.45) is 5.92 Å². The quantitative estimate of drug-likeness (QED) is 0.685. The summed E-state index contributed by atoms with van der Waals surface area (Å²) >= 11 is 0. The highest BCUT2D eigenvalue weighted by Crippen LogP contribution is 2.19. The number of pyridine rings is 1. The number of aliphatic hydroxyl groups is 1. The number of hydrogen-bond acceptors (Lipinski definition) is 4. The second-order valence-corrected chi connectivity index (χ2v) is 7.15. The molecule has 1 aliphatic rings. The van der Waals surface area contributed by atoms with Gasteiger partial charge in [0.2, 0.25) is 5.91 Å². The third-order valence-electron chi connectivity index (χ3n) is 4.95. The summed E-state index contributed by atoms with van der Waals surface area (Å²) in [6.07, 6.45) is 2.43. The molecule has 2 aromatic rings. The lowest BCUT2D eigenvalue weighted by Crippen LogP contribution is -2.43. The van der Waals surface area contributed by atoms with Crippen molar-refractivity contribution in [2.75, 3.05) is 26.2 Å². The van der Waals surface area contributed by atoms with Gasteiger partial charge in [-0.25, -0.2) is 0 Å². The lowest BCUT2D eigenvalue weighted by atomic mass is 9.97. The van der Waals surface area contributed by atoms with Crippen LogP contribution in [0.5, 0.6) is 0 Å². The van der Waals surface area contributed by atoms with E-state index in [0.717, 1.165) is 36.2 Å². The Kier molecular flexibility index (Phi) is 6.06. The third-order valence-corrected chi connectivity index (χ3v) is 4.95. The highest BCUT2D eigenvalue weighted by atomic mass is 16.3. The topological polar surface area (TPSA) is 85.4 Å². The number of nitrogens with one attached hydrogen (secondary N) is 2. The van der Waals surface area contributed by atoms with Crippen LogP contribution in [-0.4, -0.2) is 47.1 Å². The van der Waals surface area contributed by atoms with Crippen molar-refractivity contribution in [3.63, 3.8) is 0 Å². The van der Waals surface area contributed by atoms with E-state index in [1.807, 2.05) is 25.1 Å². The zero-order chi connectivity index (χ0) is 18.5. The minimum Gasteiger partial charge on any atom is -0.396 e. The molecule has 1 aromatic carbocycles. The van der Waals surface area contributed by atoms with Crippen LogP contribution in [0.1, 0.15) is 30.5 Å². The van der Waals surface area contributed by atoms with Crippen LogP contribution in [0.25, 0.3) is 10.9 Å². The Morgan fingerprint density at radius 1 is 1.38 bits per heavy atom. The molecular weight excluding hydrogens is 330 g/mol. The molecule has 0 spiro atoms. The molecule has 0 radical (unpaired) electrons. The minimum atomic E-state index is -0.0303. The maximum atomic E-state index is 12.4. The normalized spacial score (nSPS) is 18.2. The van der Waals surface area contributed by atoms with Crippen LogP contribution in [0.15, 0.2) is 29.1 Å². The van der Waals surface area contributed by atoms with Gasteiger partial charge in [0.25, 0.3) is 0 Å². The SMILES string of the molecule is Cc1ccc2[nH]c(CN3CCC[C@@H](C(=O)NCCCO)C3)cc(=O)c2c1. The Morgan fingerprint density at radius 2 is 2.23 bits per heavy atom. The molecule has 3 N–H and O–H groups in total. The van der Waals surface area contributed by atoms with Crippen molar-refractivity contribution in [1.29, 1.82) is 0 Å². The molecule has 0 unspecified atom stereocenters. The molecule has 26 heavy (non-hydrogen) atoms. The Labute approximate surface area is 153 Å². The number of aromatic nitrogens is 1. The van der Waals surface area contributed by atoms with Gasteiger partial charge in [-0.05, 0) is 44.9 Å². The molecule has 0 bridgehead atoms. The Balaban J connectivity index is 1.67. The highest BCUT2D eigenvalue weighted by Gasteiger charge is 2.25. The fourth-order valence-corrected chi connectivity index (χ4v) is 3.59. The van der Waals surface area contributed by atoms with Crippen LogP contribution in [-0.2, 0) is 11.3 Å². The van der Waals surface area contributed by atoms with Gasteiger partial charge < -0.3 is 15.4 Å². The van der Waals surface area contributed by atoms with Crippen LogP contribution in [0.2, 0.25) is 0 Å². The van der Waals surface area contributed by atoms with E-state index >= 15 is 0 Å². The second kappa shape index (κ2) is 8.47. The van der Waals surface area contributed by atoms with Crippen molar-refractivity contribution < 1.29 is 9.90 Å². The van der Waals surface area contributed by atoms with Crippen LogP contribution < -0.4 is 10.7 Å². The second-order valence-electron chi connectivity index (χ2n) is 7.15. The fraction of sp³-hybridized carbons (Fsp3) is 0.500. The molecule has 2 heterocycles. The van der Waals surface area contributed by atoms with E-state index < -0.39 is 0 Å². The summed E-state index contributed by atoms with van der Waals surface area (Å²) in [6, 6.07) is 7.52. The van der Waals surface area contributed by atoms with Crippen molar-refractivity contribution >= 4 is 16.8 Å². The predicted molar refractivity (Wildman–Crippen MR) is 102 cm³/mol. The number of aromatic amines is 1. The molecule has 1 amide bonds. The maximum absolute atomic E-state index is 12.4. The van der Waals surface area contributed by atoms with Gasteiger partial charge in [-0.1, -0.05) is 11.6 Å². The molecule has 6 nitrogen and oxygen atoms in total. The molecule has 1 atom stereocenters. The number of aliphatic hydroxyl groups excluding tert-OH is 1. The number of amides is 1. The average Bonchev–Trinajstić information content (AvgIpc) is 2.63. The van der Waals surface area contributed by atoms with Crippen molar-refractivity contribution in [3.05, 3.63) is 45.7 Å². The maximum Gasteiger partial charge on any atom is 0.224 e. The third kappa shape index (κ3) is 4.51. The molecule has 1 fully saturated rings. The molecule has 1 aromatic heterocycles. The fourth-order valence-electron chi connectivity index (χ4n) is 3.59. The van der Waals surface area contributed by atoms with Gasteiger partial charge in [-0.15, -0.1) is 0 Å². The first-order valence-corrected chi connectivity index (χ1v) is 9.30. The summed E-state index contributed by atoms with van der Waals surface area (Å²) < 4.78 is 0. The number of carbonyl (C=O) groups excluding carboxylic acids is 1. The zero-order valence-corrected chi connectivity index (χ0v) is 15.3. The number of likely N-dealkylation sites (tertiary alicyclic amines) is 1. The molecular formula is C20H27N3O3. The van der Waals surface area contributed by atoms with E-state index in [9.17, 15) is 9.59 Å². The van der Waals surface area contributed by atoms with Crippen LogP contribution in [0.4, 0.5) is 0 Å². The first-order valence-electron chi connectivity index (χ1n) is 9.30. The Morgan fingerprint density at radius 3 is 3.04 bits per heavy atom. The first-order chi connectivity index (χ1) is 12.6. The van der Waals surface area contributed by atoms with Crippen LogP contribution in [0.3, 0.4) is 0 Å². The van der Waals surface area contributed by atoms with Gasteiger partial charge in [0.15, 0.2) is 5.43 Å². The molecule has 0 aliphatic carbocycles. The molecule has 1 aliphatic heterocycles. The largest absolute Gasteiger partial charge is 0.396 e. The number of benzene rings is 1. The number of fused-ring (bicyclic) bond motifs is 1. The van der Waals surface area contributed by atoms with Crippen molar-refractivity contribution in [3.8, 4) is 0 Å². The summed E-state index contributed by atoms with van der Waals surface area (Å²) in [4.78, 5) is 30.2. The van der Waals surface area contributed by atoms with Crippen LogP contribution >= 0.6 is 0 Å². The lowest BCUT2D eigenvalue weighted by molar-refractivity contribution is -0.126. The van der Waals surface area contributed by atoms with E-state index in [1.165, 1.54) is 0 Å². The minimum absolute atomic E-state index is 0.0303. The van der Waals surface area contributed by atoms with E-state index in [2.05, 4.69) is 15.2 Å². The average molecular weight is 357 g/mol. The summed E-state index contributed by atoms with van der Waals surface area (Å²) in [7, 11) is 0. The number of rotatable bonds is 6. The standard InChI is InChI=1S/C20H27N3O3/c1-14-5-6-18-17(10-14)19(25)11-16(22-18)13-23-8-2-4-15(12-23)20(26)21-7-3-9-24/h5-6,10-11,15,24H,2-4,7-9,12-13H2,1H3,(H,21,26)(H,22,25)/t15-/m1/s1. The molecule has 3 rings (SSSR count). The highest BCUT2D eigenvalue weighted by molar-refractivity contribution is 5.79. The van der Waals surface area contributed by atoms with Crippen LogP contribution in [0, 0.1) is 12.8 Å². The van der Waals surface area contributed by atoms with Gasteiger partial charge >= 0.3 is 0 Å². The van der Waals surface area contributed by atoms with E-state index in [-0.39, 0.29) is 23.9 Å². The van der Waals surface area contributed by atoms with E-state index in [4.69, 9.17) is 5.11 Å². The molecule has 0 saturated carbocycles. The summed E-state index contributed by atoms with van der Waals surface area (Å²) in [5, 5.41) is 12.4. The van der Waals surface area contributed by atoms with Gasteiger partial charge in [0.05, 0.1) is 5.92 Å². The van der Waals surface area contributed by atoms with Gasteiger partial charge in [0.1, 0.15) is 0 Å². The van der Waals surface area contributed by atoms with Crippen molar-refractivity contribution in [1.82, 2.24) is 15.2 Å². The molecule has 6 heteroatoms. The van der Waals surface area contributed by atoms with Gasteiger partial charge in [-0.2, -0.15) is 0 Å². The molecule has 140 valence electrons. The van der Waals surface area contributed by atoms with E-state index in [0.29, 0.717) is 31.4 Å². The Hall–Kier alpha value is -2.18. The zero-order valence-electron chi connectivity index (χ0n) is 15.3. The number of aryl methyl sites for hydroxylation is 1.